The minimum Gasteiger partial charge on any atom is -0.316 e. The van der Waals surface area contributed by atoms with Gasteiger partial charge in [-0.2, -0.15) is 16.8 Å². The summed E-state index contributed by atoms with van der Waals surface area (Å²) in [6.45, 7) is 0.627. The molecule has 0 atom stereocenters. The summed E-state index contributed by atoms with van der Waals surface area (Å²) in [7, 11) is -3.42. The van der Waals surface area contributed by atoms with Gasteiger partial charge in [0.2, 0.25) is 0 Å². The van der Waals surface area contributed by atoms with Crippen LogP contribution < -0.4 is 4.80 Å². The second kappa shape index (κ2) is 7.95. The first-order chi connectivity index (χ1) is 12.8. The van der Waals surface area contributed by atoms with Gasteiger partial charge in [0.05, 0.1) is 15.1 Å². The Hall–Kier alpha value is -1.97. The van der Waals surface area contributed by atoms with Crippen LogP contribution in [0.1, 0.15) is 10.4 Å². The van der Waals surface area contributed by atoms with Gasteiger partial charge in [-0.05, 0) is 42.7 Å². The summed E-state index contributed by atoms with van der Waals surface area (Å²) in [6.07, 6.45) is 3.07. The third-order valence-electron chi connectivity index (χ3n) is 3.87. The van der Waals surface area contributed by atoms with Crippen LogP contribution in [0.15, 0.2) is 52.4 Å². The van der Waals surface area contributed by atoms with Gasteiger partial charge in [0.1, 0.15) is 5.82 Å². The van der Waals surface area contributed by atoms with E-state index in [2.05, 4.69) is 4.99 Å². The third-order valence-corrected chi connectivity index (χ3v) is 6.61. The van der Waals surface area contributed by atoms with Crippen LogP contribution in [0.25, 0.3) is 10.2 Å². The van der Waals surface area contributed by atoms with Gasteiger partial charge in [0.15, 0.2) is 14.6 Å². The highest BCUT2D eigenvalue weighted by Gasteiger charge is 2.13. The van der Waals surface area contributed by atoms with Crippen molar-refractivity contribution in [1.29, 1.82) is 0 Å². The Labute approximate surface area is 164 Å². The SMILES string of the molecule is CSCCn1c(=NC(=O)c2cccc(S(C)(=O)=O)c2)sc2cc(F)ccc21. The van der Waals surface area contributed by atoms with E-state index < -0.39 is 15.7 Å². The molecule has 0 radical (unpaired) electrons. The Morgan fingerprint density at radius 1 is 1.26 bits per heavy atom. The summed E-state index contributed by atoms with van der Waals surface area (Å²) in [6, 6.07) is 10.3. The van der Waals surface area contributed by atoms with Gasteiger partial charge in [-0.15, -0.1) is 0 Å². The zero-order valence-electron chi connectivity index (χ0n) is 14.7. The lowest BCUT2D eigenvalue weighted by Crippen LogP contribution is -2.18. The number of sulfone groups is 1. The summed E-state index contributed by atoms with van der Waals surface area (Å²) in [5, 5.41) is 0. The zero-order chi connectivity index (χ0) is 19.6. The van der Waals surface area contributed by atoms with Gasteiger partial charge in [0.25, 0.3) is 5.91 Å². The van der Waals surface area contributed by atoms with Crippen molar-refractivity contribution in [2.24, 2.45) is 4.99 Å². The Morgan fingerprint density at radius 3 is 2.74 bits per heavy atom. The molecule has 27 heavy (non-hydrogen) atoms. The minimum absolute atomic E-state index is 0.0669. The molecule has 1 amide bonds. The van der Waals surface area contributed by atoms with Gasteiger partial charge in [0, 0.05) is 24.1 Å². The van der Waals surface area contributed by atoms with Crippen molar-refractivity contribution >= 4 is 49.1 Å². The lowest BCUT2D eigenvalue weighted by molar-refractivity contribution is 0.0997. The molecule has 3 aromatic rings. The van der Waals surface area contributed by atoms with Gasteiger partial charge in [-0.25, -0.2) is 12.8 Å². The van der Waals surface area contributed by atoms with Gasteiger partial charge >= 0.3 is 0 Å². The number of hydrogen-bond acceptors (Lipinski definition) is 5. The number of carbonyl (C=O) groups is 1. The fourth-order valence-corrected chi connectivity index (χ4v) is 4.65. The Bertz CT molecular complexity index is 1180. The monoisotopic (exact) mass is 424 g/mol. The first-order valence-corrected chi connectivity index (χ1v) is 12.1. The van der Waals surface area contributed by atoms with Crippen LogP contribution in [-0.4, -0.2) is 37.2 Å². The Morgan fingerprint density at radius 2 is 2.04 bits per heavy atom. The van der Waals surface area contributed by atoms with Crippen LogP contribution in [0.2, 0.25) is 0 Å². The van der Waals surface area contributed by atoms with E-state index in [1.54, 1.807) is 17.8 Å². The van der Waals surface area contributed by atoms with Crippen molar-refractivity contribution in [3.8, 4) is 0 Å². The molecule has 1 aromatic heterocycles. The third kappa shape index (κ3) is 4.48. The van der Waals surface area contributed by atoms with Crippen molar-refractivity contribution in [2.75, 3.05) is 18.3 Å². The van der Waals surface area contributed by atoms with Crippen LogP contribution >= 0.6 is 23.1 Å². The minimum atomic E-state index is -3.42. The lowest BCUT2D eigenvalue weighted by Gasteiger charge is -2.04. The molecule has 0 unspecified atom stereocenters. The highest BCUT2D eigenvalue weighted by Crippen LogP contribution is 2.19. The van der Waals surface area contributed by atoms with Gasteiger partial charge in [-0.3, -0.25) is 4.79 Å². The average molecular weight is 425 g/mol. The number of carbonyl (C=O) groups excluding carboxylic acids is 1. The molecule has 3 rings (SSSR count). The van der Waals surface area contributed by atoms with Crippen LogP contribution in [0.3, 0.4) is 0 Å². The average Bonchev–Trinajstić information content (AvgIpc) is 2.95. The van der Waals surface area contributed by atoms with E-state index in [-0.39, 0.29) is 16.3 Å². The van der Waals surface area contributed by atoms with E-state index in [0.717, 1.165) is 17.5 Å². The van der Waals surface area contributed by atoms with E-state index in [0.29, 0.717) is 16.0 Å². The molecule has 0 spiro atoms. The summed E-state index contributed by atoms with van der Waals surface area (Å²) in [5.74, 6) is -0.0707. The molecule has 142 valence electrons. The number of hydrogen-bond donors (Lipinski definition) is 0. The molecule has 1 heterocycles. The second-order valence-electron chi connectivity index (χ2n) is 5.86. The molecule has 0 aliphatic rings. The van der Waals surface area contributed by atoms with Crippen LogP contribution in [0.4, 0.5) is 4.39 Å². The Kier molecular flexibility index (Phi) is 5.83. The van der Waals surface area contributed by atoms with Crippen molar-refractivity contribution < 1.29 is 17.6 Å². The molecular weight excluding hydrogens is 407 g/mol. The molecule has 0 saturated heterocycles. The van der Waals surface area contributed by atoms with Crippen molar-refractivity contribution in [3.63, 3.8) is 0 Å². The number of aryl methyl sites for hydroxylation is 1. The first-order valence-electron chi connectivity index (χ1n) is 7.96. The number of aromatic nitrogens is 1. The molecule has 0 N–H and O–H groups in total. The van der Waals surface area contributed by atoms with E-state index in [4.69, 9.17) is 0 Å². The maximum absolute atomic E-state index is 13.6. The number of thioether (sulfide) groups is 1. The first kappa shape index (κ1) is 19.8. The van der Waals surface area contributed by atoms with Crippen LogP contribution in [-0.2, 0) is 16.4 Å². The van der Waals surface area contributed by atoms with Crippen molar-refractivity contribution in [1.82, 2.24) is 4.57 Å². The molecular formula is C18H17FN2O3S3. The maximum Gasteiger partial charge on any atom is 0.279 e. The predicted molar refractivity (Wildman–Crippen MR) is 108 cm³/mol. The number of halogens is 1. The number of fused-ring (bicyclic) bond motifs is 1. The van der Waals surface area contributed by atoms with E-state index in [1.807, 2.05) is 10.8 Å². The van der Waals surface area contributed by atoms with Gasteiger partial charge in [-0.1, -0.05) is 17.4 Å². The molecule has 0 fully saturated rings. The maximum atomic E-state index is 13.6. The smallest absolute Gasteiger partial charge is 0.279 e. The summed E-state index contributed by atoms with van der Waals surface area (Å²) >= 11 is 2.89. The second-order valence-corrected chi connectivity index (χ2v) is 9.87. The molecule has 5 nitrogen and oxygen atoms in total. The number of benzene rings is 2. The molecule has 2 aromatic carbocycles. The van der Waals surface area contributed by atoms with E-state index in [9.17, 15) is 17.6 Å². The normalized spacial score (nSPS) is 12.6. The zero-order valence-corrected chi connectivity index (χ0v) is 17.1. The molecule has 0 bridgehead atoms. The number of thiazole rings is 1. The van der Waals surface area contributed by atoms with Crippen molar-refractivity contribution in [2.45, 2.75) is 11.4 Å². The summed E-state index contributed by atoms with van der Waals surface area (Å²) < 4.78 is 39.5. The molecule has 9 heteroatoms. The Balaban J connectivity index is 2.11. The summed E-state index contributed by atoms with van der Waals surface area (Å²) in [4.78, 5) is 17.3. The lowest BCUT2D eigenvalue weighted by atomic mass is 10.2. The molecule has 0 aliphatic heterocycles. The van der Waals surface area contributed by atoms with Crippen LogP contribution in [0.5, 0.6) is 0 Å². The fourth-order valence-electron chi connectivity index (χ4n) is 2.54. The topological polar surface area (TPSA) is 68.5 Å². The summed E-state index contributed by atoms with van der Waals surface area (Å²) in [5.41, 5.74) is 1.00. The number of rotatable bonds is 5. The highest BCUT2D eigenvalue weighted by atomic mass is 32.2. The fraction of sp³-hybridized carbons (Fsp3) is 0.222. The number of nitrogens with zero attached hydrogens (tertiary/aromatic N) is 2. The van der Waals surface area contributed by atoms with E-state index in [1.165, 1.54) is 47.7 Å². The van der Waals surface area contributed by atoms with Crippen molar-refractivity contribution in [3.05, 3.63) is 58.6 Å². The largest absolute Gasteiger partial charge is 0.316 e. The molecule has 0 saturated carbocycles. The van der Waals surface area contributed by atoms with Crippen LogP contribution in [0, 0.1) is 5.82 Å². The number of amides is 1. The highest BCUT2D eigenvalue weighted by molar-refractivity contribution is 7.98. The van der Waals surface area contributed by atoms with Gasteiger partial charge < -0.3 is 4.57 Å². The standard InChI is InChI=1S/C18H17FN2O3S3/c1-25-9-8-21-15-7-6-13(19)11-16(15)26-18(21)20-17(22)12-4-3-5-14(10-12)27(2,23)24/h3-7,10-11H,8-9H2,1-2H3. The quantitative estimate of drug-likeness (QED) is 0.630. The molecule has 0 aliphatic carbocycles. The van der Waals surface area contributed by atoms with E-state index >= 15 is 0 Å². The predicted octanol–water partition coefficient (Wildman–Crippen LogP) is 3.35.